The number of nitrogens with one attached hydrogen (secondary N) is 1. The molecule has 0 aromatic heterocycles. The first-order valence-corrected chi connectivity index (χ1v) is 4.29. The van der Waals surface area contributed by atoms with E-state index in [1.54, 1.807) is 0 Å². The fourth-order valence-corrected chi connectivity index (χ4v) is 1.01. The standard InChI is InChI=1S/C10H14N2O/c11-6-10(13)8-12-7-9-4-2-1-3-5-9/h1-5,12H,6-8,11H2. The molecule has 70 valence electrons. The summed E-state index contributed by atoms with van der Waals surface area (Å²) in [5, 5.41) is 3.02. The molecule has 0 fully saturated rings. The van der Waals surface area contributed by atoms with Crippen LogP contribution in [0.5, 0.6) is 0 Å². The summed E-state index contributed by atoms with van der Waals surface area (Å²) in [6.45, 7) is 1.18. The Morgan fingerprint density at radius 1 is 1.31 bits per heavy atom. The maximum absolute atomic E-state index is 10.8. The van der Waals surface area contributed by atoms with Gasteiger partial charge in [0.05, 0.1) is 13.1 Å². The first kappa shape index (κ1) is 9.89. The Hall–Kier alpha value is -1.19. The molecule has 0 heterocycles. The van der Waals surface area contributed by atoms with E-state index in [1.807, 2.05) is 30.3 Å². The maximum atomic E-state index is 10.8. The van der Waals surface area contributed by atoms with Crippen molar-refractivity contribution in [1.82, 2.24) is 5.32 Å². The third kappa shape index (κ3) is 3.83. The van der Waals surface area contributed by atoms with Gasteiger partial charge in [-0.1, -0.05) is 30.3 Å². The molecule has 0 unspecified atom stereocenters. The van der Waals surface area contributed by atoms with Crippen LogP contribution in [-0.4, -0.2) is 18.9 Å². The Kier molecular flexibility index (Phi) is 4.15. The minimum absolute atomic E-state index is 0.0379. The van der Waals surface area contributed by atoms with Gasteiger partial charge in [0, 0.05) is 6.54 Å². The molecule has 1 aromatic rings. The number of hydrogen-bond acceptors (Lipinski definition) is 3. The molecular weight excluding hydrogens is 164 g/mol. The predicted octanol–water partition coefficient (Wildman–Crippen LogP) is 0.304. The van der Waals surface area contributed by atoms with Gasteiger partial charge in [0.2, 0.25) is 0 Å². The summed E-state index contributed by atoms with van der Waals surface area (Å²) in [5.41, 5.74) is 6.34. The van der Waals surface area contributed by atoms with Crippen LogP contribution < -0.4 is 11.1 Å². The number of Topliss-reactive ketones (excluding diaryl/α,β-unsaturated/α-hetero) is 1. The normalized spacial score (nSPS) is 9.92. The van der Waals surface area contributed by atoms with Crippen molar-refractivity contribution in [1.29, 1.82) is 0 Å². The van der Waals surface area contributed by atoms with Gasteiger partial charge in [0.1, 0.15) is 0 Å². The molecule has 0 saturated carbocycles. The van der Waals surface area contributed by atoms with Crippen molar-refractivity contribution in [2.24, 2.45) is 5.73 Å². The van der Waals surface area contributed by atoms with E-state index in [0.29, 0.717) is 13.1 Å². The summed E-state index contributed by atoms with van der Waals surface area (Å²) in [6, 6.07) is 9.94. The molecule has 0 spiro atoms. The van der Waals surface area contributed by atoms with Crippen molar-refractivity contribution < 1.29 is 4.79 Å². The fourth-order valence-electron chi connectivity index (χ4n) is 1.01. The highest BCUT2D eigenvalue weighted by Crippen LogP contribution is 1.96. The van der Waals surface area contributed by atoms with Gasteiger partial charge in [-0.3, -0.25) is 4.79 Å². The van der Waals surface area contributed by atoms with Gasteiger partial charge < -0.3 is 11.1 Å². The molecule has 0 aliphatic heterocycles. The van der Waals surface area contributed by atoms with Crippen LogP contribution in [-0.2, 0) is 11.3 Å². The van der Waals surface area contributed by atoms with E-state index in [2.05, 4.69) is 5.32 Å². The van der Waals surface area contributed by atoms with Crippen LogP contribution in [0.25, 0.3) is 0 Å². The first-order valence-electron chi connectivity index (χ1n) is 4.29. The number of benzene rings is 1. The smallest absolute Gasteiger partial charge is 0.160 e. The van der Waals surface area contributed by atoms with Gasteiger partial charge in [0.25, 0.3) is 0 Å². The summed E-state index contributed by atoms with van der Waals surface area (Å²) < 4.78 is 0. The molecule has 0 bridgehead atoms. The Balaban J connectivity index is 2.24. The maximum Gasteiger partial charge on any atom is 0.160 e. The minimum atomic E-state index is 0.0379. The molecular formula is C10H14N2O. The van der Waals surface area contributed by atoms with E-state index < -0.39 is 0 Å². The predicted molar refractivity (Wildman–Crippen MR) is 52.2 cm³/mol. The average molecular weight is 178 g/mol. The van der Waals surface area contributed by atoms with E-state index >= 15 is 0 Å². The van der Waals surface area contributed by atoms with E-state index in [0.717, 1.165) is 0 Å². The van der Waals surface area contributed by atoms with Gasteiger partial charge in [0.15, 0.2) is 5.78 Å². The van der Waals surface area contributed by atoms with Crippen molar-refractivity contribution >= 4 is 5.78 Å². The molecule has 0 saturated heterocycles. The van der Waals surface area contributed by atoms with Crippen molar-refractivity contribution in [2.45, 2.75) is 6.54 Å². The lowest BCUT2D eigenvalue weighted by atomic mass is 10.2. The van der Waals surface area contributed by atoms with Crippen molar-refractivity contribution in [3.05, 3.63) is 35.9 Å². The first-order chi connectivity index (χ1) is 6.33. The van der Waals surface area contributed by atoms with E-state index in [-0.39, 0.29) is 12.3 Å². The topological polar surface area (TPSA) is 55.1 Å². The SMILES string of the molecule is NCC(=O)CNCc1ccccc1. The molecule has 1 rings (SSSR count). The highest BCUT2D eigenvalue weighted by Gasteiger charge is 1.96. The third-order valence-electron chi connectivity index (χ3n) is 1.72. The Morgan fingerprint density at radius 3 is 2.62 bits per heavy atom. The molecule has 3 N–H and O–H groups in total. The van der Waals surface area contributed by atoms with Gasteiger partial charge in [-0.2, -0.15) is 0 Å². The van der Waals surface area contributed by atoms with Crippen LogP contribution in [0.3, 0.4) is 0 Å². The summed E-state index contributed by atoms with van der Waals surface area (Å²) in [5.74, 6) is 0.0379. The highest BCUT2D eigenvalue weighted by molar-refractivity contribution is 5.82. The molecule has 13 heavy (non-hydrogen) atoms. The van der Waals surface area contributed by atoms with Crippen LogP contribution in [0, 0.1) is 0 Å². The van der Waals surface area contributed by atoms with Gasteiger partial charge in [-0.15, -0.1) is 0 Å². The lowest BCUT2D eigenvalue weighted by Gasteiger charge is -2.02. The number of carbonyl (C=O) groups is 1. The number of hydrogen-bond donors (Lipinski definition) is 2. The quantitative estimate of drug-likeness (QED) is 0.682. The summed E-state index contributed by atoms with van der Waals surface area (Å²) in [6.07, 6.45) is 0. The number of nitrogens with two attached hydrogens (primary N) is 1. The summed E-state index contributed by atoms with van der Waals surface area (Å²) in [4.78, 5) is 10.8. The number of carbonyl (C=O) groups excluding carboxylic acids is 1. The van der Waals surface area contributed by atoms with Crippen LogP contribution >= 0.6 is 0 Å². The monoisotopic (exact) mass is 178 g/mol. The second-order valence-corrected chi connectivity index (χ2v) is 2.83. The summed E-state index contributed by atoms with van der Waals surface area (Å²) in [7, 11) is 0. The average Bonchev–Trinajstić information content (AvgIpc) is 2.19. The van der Waals surface area contributed by atoms with Crippen LogP contribution in [0.1, 0.15) is 5.56 Å². The lowest BCUT2D eigenvalue weighted by molar-refractivity contribution is -0.116. The Morgan fingerprint density at radius 2 is 2.00 bits per heavy atom. The molecule has 0 aliphatic rings. The molecule has 0 radical (unpaired) electrons. The van der Waals surface area contributed by atoms with Crippen LogP contribution in [0.15, 0.2) is 30.3 Å². The zero-order valence-electron chi connectivity index (χ0n) is 7.49. The molecule has 0 aliphatic carbocycles. The zero-order chi connectivity index (χ0) is 9.52. The van der Waals surface area contributed by atoms with Gasteiger partial charge >= 0.3 is 0 Å². The van der Waals surface area contributed by atoms with E-state index in [1.165, 1.54) is 5.56 Å². The largest absolute Gasteiger partial charge is 0.324 e. The molecule has 3 nitrogen and oxygen atoms in total. The third-order valence-corrected chi connectivity index (χ3v) is 1.72. The van der Waals surface area contributed by atoms with Crippen LogP contribution in [0.2, 0.25) is 0 Å². The van der Waals surface area contributed by atoms with Crippen molar-refractivity contribution in [3.8, 4) is 0 Å². The van der Waals surface area contributed by atoms with Crippen molar-refractivity contribution in [3.63, 3.8) is 0 Å². The summed E-state index contributed by atoms with van der Waals surface area (Å²) >= 11 is 0. The van der Waals surface area contributed by atoms with Crippen LogP contribution in [0.4, 0.5) is 0 Å². The number of ketones is 1. The molecule has 3 heteroatoms. The molecule has 0 atom stereocenters. The van der Waals surface area contributed by atoms with E-state index in [9.17, 15) is 4.79 Å². The van der Waals surface area contributed by atoms with Gasteiger partial charge in [-0.05, 0) is 5.56 Å². The van der Waals surface area contributed by atoms with E-state index in [4.69, 9.17) is 5.73 Å². The van der Waals surface area contributed by atoms with Crippen molar-refractivity contribution in [2.75, 3.05) is 13.1 Å². The Bertz CT molecular complexity index is 259. The second kappa shape index (κ2) is 5.45. The molecule has 1 aromatic carbocycles. The molecule has 0 amide bonds. The second-order valence-electron chi connectivity index (χ2n) is 2.83. The van der Waals surface area contributed by atoms with Gasteiger partial charge in [-0.25, -0.2) is 0 Å². The lowest BCUT2D eigenvalue weighted by Crippen LogP contribution is -2.27. The minimum Gasteiger partial charge on any atom is -0.324 e. The Labute approximate surface area is 77.9 Å². The fraction of sp³-hybridized carbons (Fsp3) is 0.300. The number of rotatable bonds is 5. The highest BCUT2D eigenvalue weighted by atomic mass is 16.1. The zero-order valence-corrected chi connectivity index (χ0v) is 7.49.